The molecule has 0 N–H and O–H groups in total. The number of rotatable bonds is 0. The maximum atomic E-state index is 6.47. The smallest absolute Gasteiger partial charge is 0.137 e. The normalized spacial score (nSPS) is 11.8. The molecule has 114 valence electrons. The minimum absolute atomic E-state index is 0.502. The van der Waals surface area contributed by atoms with Gasteiger partial charge in [-0.1, -0.05) is 71.7 Å². The minimum Gasteiger partial charge on any atom is -0.235 e. The third-order valence-corrected chi connectivity index (χ3v) is 5.01. The Morgan fingerprint density at radius 1 is 0.500 bits per heavy atom. The zero-order valence-corrected chi connectivity index (χ0v) is 13.9. The Hall–Kier alpha value is -2.42. The number of hydrogen-bond donors (Lipinski definition) is 0. The van der Waals surface area contributed by atoms with Crippen LogP contribution >= 0.6 is 23.2 Å². The lowest BCUT2D eigenvalue weighted by Gasteiger charge is -2.12. The summed E-state index contributed by atoms with van der Waals surface area (Å²) in [5.41, 5.74) is 1.75. The Bertz CT molecular complexity index is 1180. The van der Waals surface area contributed by atoms with Crippen LogP contribution in [0.2, 0.25) is 10.3 Å². The fourth-order valence-electron chi connectivity index (χ4n) is 3.40. The van der Waals surface area contributed by atoms with Crippen LogP contribution in [0.25, 0.3) is 43.4 Å². The van der Waals surface area contributed by atoms with E-state index < -0.39 is 0 Å². The van der Waals surface area contributed by atoms with Gasteiger partial charge in [-0.05, 0) is 12.1 Å². The van der Waals surface area contributed by atoms with Crippen LogP contribution in [-0.4, -0.2) is 9.97 Å². The highest BCUT2D eigenvalue weighted by molar-refractivity contribution is 6.41. The van der Waals surface area contributed by atoms with Crippen molar-refractivity contribution in [2.45, 2.75) is 0 Å². The molecule has 2 nitrogen and oxygen atoms in total. The largest absolute Gasteiger partial charge is 0.235 e. The summed E-state index contributed by atoms with van der Waals surface area (Å²) in [7, 11) is 0. The van der Waals surface area contributed by atoms with E-state index in [4.69, 9.17) is 23.2 Å². The number of pyridine rings is 2. The van der Waals surface area contributed by atoms with E-state index in [0.29, 0.717) is 10.3 Å². The maximum absolute atomic E-state index is 6.47. The first-order chi connectivity index (χ1) is 11.7. The summed E-state index contributed by atoms with van der Waals surface area (Å²) in [6.07, 6.45) is 0. The van der Waals surface area contributed by atoms with Crippen LogP contribution < -0.4 is 0 Å². The highest BCUT2D eigenvalue weighted by Gasteiger charge is 2.14. The first kappa shape index (κ1) is 14.0. The van der Waals surface area contributed by atoms with Gasteiger partial charge < -0.3 is 0 Å². The molecule has 24 heavy (non-hydrogen) atoms. The van der Waals surface area contributed by atoms with Crippen molar-refractivity contribution in [2.24, 2.45) is 0 Å². The Balaban J connectivity index is 2.23. The molecule has 0 saturated carbocycles. The Labute approximate surface area is 147 Å². The van der Waals surface area contributed by atoms with Crippen molar-refractivity contribution in [3.05, 3.63) is 71.0 Å². The van der Waals surface area contributed by atoms with Gasteiger partial charge in [0.2, 0.25) is 0 Å². The zero-order chi connectivity index (χ0) is 16.3. The van der Waals surface area contributed by atoms with Gasteiger partial charge in [-0.15, -0.1) is 0 Å². The monoisotopic (exact) mass is 348 g/mol. The zero-order valence-electron chi connectivity index (χ0n) is 12.4. The molecular formula is C20H10Cl2N2. The number of hydrogen-bond acceptors (Lipinski definition) is 2. The van der Waals surface area contributed by atoms with Gasteiger partial charge in [0.05, 0.1) is 11.0 Å². The molecule has 0 aliphatic rings. The molecule has 0 radical (unpaired) electrons. The maximum Gasteiger partial charge on any atom is 0.137 e. The lowest BCUT2D eigenvalue weighted by Crippen LogP contribution is -1.90. The fraction of sp³-hybridized carbons (Fsp3) is 0. The second kappa shape index (κ2) is 5.04. The van der Waals surface area contributed by atoms with Crippen LogP contribution in [0.5, 0.6) is 0 Å². The summed E-state index contributed by atoms with van der Waals surface area (Å²) >= 11 is 12.9. The van der Waals surface area contributed by atoms with Crippen molar-refractivity contribution >= 4 is 66.6 Å². The summed E-state index contributed by atoms with van der Waals surface area (Å²) < 4.78 is 0. The number of halogens is 2. The minimum atomic E-state index is 0.502. The van der Waals surface area contributed by atoms with E-state index in [2.05, 4.69) is 22.1 Å². The summed E-state index contributed by atoms with van der Waals surface area (Å²) in [6.45, 7) is 0. The van der Waals surface area contributed by atoms with E-state index >= 15 is 0 Å². The topological polar surface area (TPSA) is 25.8 Å². The molecule has 0 bridgehead atoms. The Morgan fingerprint density at radius 2 is 0.917 bits per heavy atom. The molecule has 3 aromatic carbocycles. The van der Waals surface area contributed by atoms with Gasteiger partial charge >= 0.3 is 0 Å². The van der Waals surface area contributed by atoms with E-state index in [1.807, 2.05) is 48.5 Å². The van der Waals surface area contributed by atoms with Crippen LogP contribution in [-0.2, 0) is 0 Å². The van der Waals surface area contributed by atoms with Gasteiger partial charge in [0.15, 0.2) is 0 Å². The van der Waals surface area contributed by atoms with Crippen molar-refractivity contribution in [1.29, 1.82) is 0 Å². The summed E-state index contributed by atoms with van der Waals surface area (Å²) in [4.78, 5) is 9.06. The van der Waals surface area contributed by atoms with E-state index in [1.54, 1.807) is 0 Å². The number of nitrogens with zero attached hydrogens (tertiary/aromatic N) is 2. The van der Waals surface area contributed by atoms with Crippen molar-refractivity contribution in [1.82, 2.24) is 9.97 Å². The number of para-hydroxylation sites is 2. The first-order valence-corrected chi connectivity index (χ1v) is 8.34. The second-order valence-electron chi connectivity index (χ2n) is 5.75. The van der Waals surface area contributed by atoms with Crippen molar-refractivity contribution < 1.29 is 0 Å². The van der Waals surface area contributed by atoms with Crippen molar-refractivity contribution in [3.63, 3.8) is 0 Å². The lowest BCUT2D eigenvalue weighted by molar-refractivity contribution is 1.43. The van der Waals surface area contributed by atoms with Crippen LogP contribution in [0.4, 0.5) is 0 Å². The molecule has 0 unspecified atom stereocenters. The van der Waals surface area contributed by atoms with E-state index in [0.717, 1.165) is 43.4 Å². The number of fused-ring (bicyclic) bond motifs is 7. The Kier molecular flexibility index (Phi) is 2.93. The van der Waals surface area contributed by atoms with Gasteiger partial charge in [0.25, 0.3) is 0 Å². The van der Waals surface area contributed by atoms with Gasteiger partial charge in [0, 0.05) is 32.3 Å². The molecular weight excluding hydrogens is 339 g/mol. The van der Waals surface area contributed by atoms with Crippen LogP contribution in [0.1, 0.15) is 0 Å². The molecule has 0 atom stereocenters. The third kappa shape index (κ3) is 1.84. The van der Waals surface area contributed by atoms with Crippen molar-refractivity contribution in [2.75, 3.05) is 0 Å². The average Bonchev–Trinajstić information content (AvgIpc) is 2.61. The SMILES string of the molecule is Clc1nc2ccccc2c2c1ccc1c(Cl)nc3ccccc3c12. The molecule has 0 saturated heterocycles. The predicted molar refractivity (Wildman–Crippen MR) is 102 cm³/mol. The van der Waals surface area contributed by atoms with Crippen LogP contribution in [0, 0.1) is 0 Å². The van der Waals surface area contributed by atoms with Crippen LogP contribution in [0.3, 0.4) is 0 Å². The van der Waals surface area contributed by atoms with Gasteiger partial charge in [-0.25, -0.2) is 9.97 Å². The fourth-order valence-corrected chi connectivity index (χ4v) is 3.90. The van der Waals surface area contributed by atoms with Gasteiger partial charge in [0.1, 0.15) is 10.3 Å². The molecule has 5 aromatic rings. The molecule has 2 aromatic heterocycles. The first-order valence-electron chi connectivity index (χ1n) is 7.59. The van der Waals surface area contributed by atoms with Crippen LogP contribution in [0.15, 0.2) is 60.7 Å². The van der Waals surface area contributed by atoms with E-state index in [-0.39, 0.29) is 0 Å². The molecule has 4 heteroatoms. The highest BCUT2D eigenvalue weighted by atomic mass is 35.5. The summed E-state index contributed by atoms with van der Waals surface area (Å²) in [6, 6.07) is 20.0. The predicted octanol–water partition coefficient (Wildman–Crippen LogP) is 6.40. The second-order valence-corrected chi connectivity index (χ2v) is 6.47. The molecule has 2 heterocycles. The lowest BCUT2D eigenvalue weighted by atomic mass is 9.97. The number of benzene rings is 3. The average molecular weight is 349 g/mol. The summed E-state index contributed by atoms with van der Waals surface area (Å²) in [5, 5.41) is 7.13. The standard InChI is InChI=1S/C20H10Cl2N2/c21-19-13-9-10-14-18(12-6-2-4-8-16(12)24-20(14)22)17(13)11-5-1-3-7-15(11)23-19/h1-10H. The molecule has 0 fully saturated rings. The van der Waals surface area contributed by atoms with Crippen molar-refractivity contribution in [3.8, 4) is 0 Å². The molecule has 5 rings (SSSR count). The molecule has 0 amide bonds. The quantitative estimate of drug-likeness (QED) is 0.239. The molecule has 0 aliphatic carbocycles. The highest BCUT2D eigenvalue weighted by Crippen LogP contribution is 2.39. The van der Waals surface area contributed by atoms with Gasteiger partial charge in [-0.3, -0.25) is 0 Å². The summed E-state index contributed by atoms with van der Waals surface area (Å²) in [5.74, 6) is 0. The Morgan fingerprint density at radius 3 is 1.38 bits per heavy atom. The van der Waals surface area contributed by atoms with E-state index in [1.165, 1.54) is 0 Å². The van der Waals surface area contributed by atoms with E-state index in [9.17, 15) is 0 Å². The van der Waals surface area contributed by atoms with Gasteiger partial charge in [-0.2, -0.15) is 0 Å². The molecule has 0 spiro atoms. The molecule has 0 aliphatic heterocycles. The third-order valence-electron chi connectivity index (χ3n) is 4.43. The number of aromatic nitrogens is 2.